The van der Waals surface area contributed by atoms with Crippen molar-refractivity contribution in [1.29, 1.82) is 0 Å². The largest absolute Gasteiger partial charge is 0.419 e. The summed E-state index contributed by atoms with van der Waals surface area (Å²) in [6.45, 7) is 5.05. The Kier molecular flexibility index (Phi) is 3.88. The second-order valence-corrected chi connectivity index (χ2v) is 5.69. The molecule has 1 aliphatic rings. The molecule has 0 fully saturated rings. The summed E-state index contributed by atoms with van der Waals surface area (Å²) in [6.07, 6.45) is 5.31. The molecule has 1 aliphatic heterocycles. The number of hydrogen-bond donors (Lipinski definition) is 0. The first kappa shape index (κ1) is 14.6. The summed E-state index contributed by atoms with van der Waals surface area (Å²) in [4.78, 5) is 26.2. The molecule has 116 valence electrons. The third-order valence-corrected chi connectivity index (χ3v) is 4.17. The molecule has 0 saturated carbocycles. The molecular formula is C17H20N2O3. The molecule has 0 bridgehead atoms. The number of carbonyl (C=O) groups excluding carboxylic acids is 1. The van der Waals surface area contributed by atoms with Gasteiger partial charge in [0.15, 0.2) is 5.58 Å². The van der Waals surface area contributed by atoms with Crippen molar-refractivity contribution >= 4 is 17.0 Å². The molecule has 0 radical (unpaired) electrons. The summed E-state index contributed by atoms with van der Waals surface area (Å²) in [5.41, 5.74) is 2.38. The van der Waals surface area contributed by atoms with Gasteiger partial charge in [0.05, 0.1) is 11.6 Å². The van der Waals surface area contributed by atoms with E-state index < -0.39 is 5.76 Å². The summed E-state index contributed by atoms with van der Waals surface area (Å²) >= 11 is 0. The third-order valence-electron chi connectivity index (χ3n) is 4.17. The van der Waals surface area contributed by atoms with Crippen molar-refractivity contribution in [1.82, 2.24) is 9.47 Å². The summed E-state index contributed by atoms with van der Waals surface area (Å²) in [5.74, 6) is -0.328. The molecule has 1 amide bonds. The van der Waals surface area contributed by atoms with Gasteiger partial charge in [0.1, 0.15) is 0 Å². The lowest BCUT2D eigenvalue weighted by molar-refractivity contribution is -0.131. The molecule has 0 spiro atoms. The quantitative estimate of drug-likeness (QED) is 0.815. The molecule has 1 atom stereocenters. The van der Waals surface area contributed by atoms with Crippen molar-refractivity contribution in [2.24, 2.45) is 0 Å². The lowest BCUT2D eigenvalue weighted by atomic mass is 10.2. The number of aryl methyl sites for hydroxylation is 2. The van der Waals surface area contributed by atoms with Gasteiger partial charge in [0.2, 0.25) is 5.91 Å². The number of aromatic nitrogens is 1. The van der Waals surface area contributed by atoms with Gasteiger partial charge in [0.25, 0.3) is 0 Å². The van der Waals surface area contributed by atoms with Crippen molar-refractivity contribution in [3.8, 4) is 0 Å². The van der Waals surface area contributed by atoms with Gasteiger partial charge >= 0.3 is 5.76 Å². The second kappa shape index (κ2) is 5.83. The fraction of sp³-hybridized carbons (Fsp3) is 0.412. The van der Waals surface area contributed by atoms with Crippen LogP contribution in [0.25, 0.3) is 11.1 Å². The van der Waals surface area contributed by atoms with E-state index in [1.54, 1.807) is 10.6 Å². The van der Waals surface area contributed by atoms with E-state index in [9.17, 15) is 9.59 Å². The summed E-state index contributed by atoms with van der Waals surface area (Å²) in [5, 5.41) is 0. The Morgan fingerprint density at radius 2 is 2.23 bits per heavy atom. The van der Waals surface area contributed by atoms with E-state index in [4.69, 9.17) is 4.42 Å². The van der Waals surface area contributed by atoms with Crippen LogP contribution in [0.1, 0.15) is 25.3 Å². The summed E-state index contributed by atoms with van der Waals surface area (Å²) in [7, 11) is 0. The van der Waals surface area contributed by atoms with Gasteiger partial charge in [0, 0.05) is 19.5 Å². The molecule has 0 saturated heterocycles. The fourth-order valence-corrected chi connectivity index (χ4v) is 2.95. The lowest BCUT2D eigenvalue weighted by Crippen LogP contribution is -2.36. The van der Waals surface area contributed by atoms with E-state index in [1.807, 2.05) is 30.0 Å². The zero-order valence-electron chi connectivity index (χ0n) is 12.9. The first-order valence-electron chi connectivity index (χ1n) is 7.66. The van der Waals surface area contributed by atoms with E-state index in [2.05, 4.69) is 13.0 Å². The molecule has 2 aromatic rings. The minimum Gasteiger partial charge on any atom is -0.408 e. The van der Waals surface area contributed by atoms with E-state index in [-0.39, 0.29) is 11.9 Å². The molecule has 1 aromatic carbocycles. The Labute approximate surface area is 128 Å². The molecule has 1 unspecified atom stereocenters. The maximum Gasteiger partial charge on any atom is 0.419 e. The van der Waals surface area contributed by atoms with Gasteiger partial charge in [-0.05, 0) is 31.0 Å². The van der Waals surface area contributed by atoms with Crippen LogP contribution in [-0.4, -0.2) is 28.0 Å². The van der Waals surface area contributed by atoms with E-state index >= 15 is 0 Å². The lowest BCUT2D eigenvalue weighted by Gasteiger charge is -2.23. The molecule has 1 aromatic heterocycles. The number of nitrogens with zero attached hydrogens (tertiary/aromatic N) is 2. The Morgan fingerprint density at radius 3 is 3.00 bits per heavy atom. The maximum absolute atomic E-state index is 12.4. The van der Waals surface area contributed by atoms with Crippen LogP contribution in [0.5, 0.6) is 0 Å². The molecule has 0 N–H and O–H groups in total. The van der Waals surface area contributed by atoms with E-state index in [1.165, 1.54) is 0 Å². The molecule has 0 aliphatic carbocycles. The molecular weight excluding hydrogens is 280 g/mol. The van der Waals surface area contributed by atoms with Gasteiger partial charge in [-0.3, -0.25) is 9.36 Å². The summed E-state index contributed by atoms with van der Waals surface area (Å²) < 4.78 is 6.77. The third kappa shape index (κ3) is 2.58. The monoisotopic (exact) mass is 300 g/mol. The van der Waals surface area contributed by atoms with Gasteiger partial charge in [-0.25, -0.2) is 4.79 Å². The van der Waals surface area contributed by atoms with Gasteiger partial charge in [-0.1, -0.05) is 25.1 Å². The van der Waals surface area contributed by atoms with Crippen LogP contribution in [0, 0.1) is 6.92 Å². The Balaban J connectivity index is 1.77. The minimum atomic E-state index is -0.403. The smallest absolute Gasteiger partial charge is 0.408 e. The normalized spacial score (nSPS) is 17.5. The van der Waals surface area contributed by atoms with Crippen LogP contribution >= 0.6 is 0 Å². The highest BCUT2D eigenvalue weighted by atomic mass is 16.4. The molecule has 5 heteroatoms. The van der Waals surface area contributed by atoms with Crippen LogP contribution in [0.15, 0.2) is 39.6 Å². The fourth-order valence-electron chi connectivity index (χ4n) is 2.95. The first-order chi connectivity index (χ1) is 10.6. The topological polar surface area (TPSA) is 55.5 Å². The predicted octanol–water partition coefficient (Wildman–Crippen LogP) is 2.47. The van der Waals surface area contributed by atoms with Gasteiger partial charge < -0.3 is 9.32 Å². The average molecular weight is 300 g/mol. The van der Waals surface area contributed by atoms with E-state index in [0.29, 0.717) is 25.1 Å². The Bertz CT molecular complexity index is 785. The highest BCUT2D eigenvalue weighted by Crippen LogP contribution is 2.17. The minimum absolute atomic E-state index is 0.0748. The van der Waals surface area contributed by atoms with Crippen LogP contribution in [0.3, 0.4) is 0 Å². The van der Waals surface area contributed by atoms with Crippen molar-refractivity contribution in [3.63, 3.8) is 0 Å². The first-order valence-corrected chi connectivity index (χ1v) is 7.66. The molecule has 2 heterocycles. The highest BCUT2D eigenvalue weighted by molar-refractivity contribution is 5.78. The number of amides is 1. The maximum atomic E-state index is 12.4. The molecule has 22 heavy (non-hydrogen) atoms. The zero-order valence-corrected chi connectivity index (χ0v) is 12.9. The predicted molar refractivity (Wildman–Crippen MR) is 84.8 cm³/mol. The zero-order chi connectivity index (χ0) is 15.7. The van der Waals surface area contributed by atoms with Crippen molar-refractivity contribution in [3.05, 3.63) is 46.5 Å². The van der Waals surface area contributed by atoms with Crippen LogP contribution in [0.4, 0.5) is 0 Å². The number of benzene rings is 1. The van der Waals surface area contributed by atoms with Crippen molar-refractivity contribution in [2.45, 2.75) is 39.3 Å². The van der Waals surface area contributed by atoms with Crippen LogP contribution in [-0.2, 0) is 11.3 Å². The van der Waals surface area contributed by atoms with E-state index in [0.717, 1.165) is 17.5 Å². The SMILES string of the molecule is CCC1C=CCN1C(=O)CCn1c(=O)oc2ccc(C)cc21. The number of hydrogen-bond acceptors (Lipinski definition) is 3. The van der Waals surface area contributed by atoms with Crippen LogP contribution < -0.4 is 5.76 Å². The van der Waals surface area contributed by atoms with Crippen LogP contribution in [0.2, 0.25) is 0 Å². The van der Waals surface area contributed by atoms with Crippen molar-refractivity contribution < 1.29 is 9.21 Å². The standard InChI is InChI=1S/C17H20N2O3/c1-3-13-5-4-9-18(13)16(20)8-10-19-14-11-12(2)6-7-15(14)22-17(19)21/h4-7,11,13H,3,8-10H2,1-2H3. The van der Waals surface area contributed by atoms with Gasteiger partial charge in [-0.15, -0.1) is 0 Å². The Hall–Kier alpha value is -2.30. The number of carbonyl (C=O) groups is 1. The van der Waals surface area contributed by atoms with Crippen molar-refractivity contribution in [2.75, 3.05) is 6.54 Å². The number of oxazole rings is 1. The van der Waals surface area contributed by atoms with Gasteiger partial charge in [-0.2, -0.15) is 0 Å². The Morgan fingerprint density at radius 1 is 1.41 bits per heavy atom. The average Bonchev–Trinajstić information content (AvgIpc) is 3.08. The highest BCUT2D eigenvalue weighted by Gasteiger charge is 2.23. The molecule has 5 nitrogen and oxygen atoms in total. The molecule has 3 rings (SSSR count). The summed E-state index contributed by atoms with van der Waals surface area (Å²) in [6, 6.07) is 5.80. The number of fused-ring (bicyclic) bond motifs is 1. The number of rotatable bonds is 4. The second-order valence-electron chi connectivity index (χ2n) is 5.69.